The Morgan fingerprint density at radius 3 is 2.46 bits per heavy atom. The number of fused-ring (bicyclic) bond motifs is 1. The number of likely N-dealkylation sites (tertiary alicyclic amines) is 1. The normalized spacial score (nSPS) is 20.6. The Kier molecular flexibility index (Phi) is 7.93. The number of ether oxygens (including phenoxy) is 1. The van der Waals surface area contributed by atoms with Crippen LogP contribution in [-0.4, -0.2) is 46.5 Å². The molecule has 39 heavy (non-hydrogen) atoms. The van der Waals surface area contributed by atoms with Crippen molar-refractivity contribution >= 4 is 28.9 Å². The number of amides is 1. The first kappa shape index (κ1) is 27.2. The summed E-state index contributed by atoms with van der Waals surface area (Å²) in [6, 6.07) is 10.4. The average Bonchev–Trinajstić information content (AvgIpc) is 3.29. The van der Waals surface area contributed by atoms with Crippen molar-refractivity contribution in [3.05, 3.63) is 59.2 Å². The van der Waals surface area contributed by atoms with Crippen LogP contribution in [0.5, 0.6) is 0 Å². The Hall–Kier alpha value is -3.40. The van der Waals surface area contributed by atoms with Gasteiger partial charge < -0.3 is 9.30 Å². The summed E-state index contributed by atoms with van der Waals surface area (Å²) in [6.45, 7) is 2.95. The third-order valence-electron chi connectivity index (χ3n) is 7.88. The van der Waals surface area contributed by atoms with E-state index in [-0.39, 0.29) is 23.5 Å². The Morgan fingerprint density at radius 2 is 1.77 bits per heavy atom. The van der Waals surface area contributed by atoms with Crippen LogP contribution in [0.1, 0.15) is 72.5 Å². The molecule has 1 N–H and O–H groups in total. The van der Waals surface area contributed by atoms with E-state index in [1.807, 2.05) is 16.7 Å². The molecule has 208 valence electrons. The van der Waals surface area contributed by atoms with Gasteiger partial charge in [-0.3, -0.25) is 19.8 Å². The van der Waals surface area contributed by atoms with Crippen molar-refractivity contribution in [1.29, 1.82) is 0 Å². The molecule has 10 heteroatoms. The third kappa shape index (κ3) is 6.11. The van der Waals surface area contributed by atoms with Crippen molar-refractivity contribution in [2.24, 2.45) is 5.92 Å². The summed E-state index contributed by atoms with van der Waals surface area (Å²) in [6.07, 6.45) is 1.75. The third-order valence-corrected chi connectivity index (χ3v) is 7.88. The zero-order valence-electron chi connectivity index (χ0n) is 22.0. The van der Waals surface area contributed by atoms with E-state index >= 15 is 0 Å². The number of methoxy groups -OCH3 is 1. The van der Waals surface area contributed by atoms with E-state index < -0.39 is 17.6 Å². The molecule has 0 atom stereocenters. The quantitative estimate of drug-likeness (QED) is 0.376. The number of anilines is 1. The lowest BCUT2D eigenvalue weighted by molar-refractivity contribution is -0.146. The number of rotatable bonds is 6. The van der Waals surface area contributed by atoms with Gasteiger partial charge in [0.15, 0.2) is 0 Å². The molecule has 0 bridgehead atoms. The molecule has 1 amide bonds. The molecule has 1 aliphatic heterocycles. The highest BCUT2D eigenvalue weighted by Crippen LogP contribution is 2.38. The van der Waals surface area contributed by atoms with Crippen molar-refractivity contribution in [2.75, 3.05) is 25.5 Å². The standard InChI is InChI=1S/C29H33F3N4O3/c1-39-27(38)20-9-11-23(12-10-20)36-25-16-19(18-35-14-3-2-4-15-35)8-13-24(25)33-28(36)34-26(37)21-6-5-7-22(17-21)29(30,31)32/h5-8,13,16-17,20,23H,2-4,9-12,14-15,18H2,1H3,(H,33,34,37)/t20-,23+. The lowest BCUT2D eigenvalue weighted by Gasteiger charge is -2.29. The predicted octanol–water partition coefficient (Wildman–Crippen LogP) is 6.20. The van der Waals surface area contributed by atoms with E-state index in [1.54, 1.807) is 0 Å². The molecule has 5 rings (SSSR count). The number of hydrogen-bond acceptors (Lipinski definition) is 5. The number of alkyl halides is 3. The number of benzene rings is 2. The second-order valence-corrected chi connectivity index (χ2v) is 10.5. The number of imidazole rings is 1. The number of aromatic nitrogens is 2. The molecular weight excluding hydrogens is 509 g/mol. The van der Waals surface area contributed by atoms with E-state index in [9.17, 15) is 22.8 Å². The predicted molar refractivity (Wildman–Crippen MR) is 141 cm³/mol. The highest BCUT2D eigenvalue weighted by atomic mass is 19.4. The first-order valence-corrected chi connectivity index (χ1v) is 13.5. The second kappa shape index (κ2) is 11.4. The van der Waals surface area contributed by atoms with Gasteiger partial charge in [0.25, 0.3) is 5.91 Å². The average molecular weight is 543 g/mol. The topological polar surface area (TPSA) is 76.5 Å². The van der Waals surface area contributed by atoms with Crippen LogP contribution in [0.3, 0.4) is 0 Å². The minimum absolute atomic E-state index is 0.0297. The van der Waals surface area contributed by atoms with Crippen LogP contribution in [0.15, 0.2) is 42.5 Å². The maximum absolute atomic E-state index is 13.2. The highest BCUT2D eigenvalue weighted by molar-refractivity contribution is 6.04. The molecule has 3 aromatic rings. The maximum Gasteiger partial charge on any atom is 0.416 e. The van der Waals surface area contributed by atoms with Gasteiger partial charge >= 0.3 is 12.1 Å². The van der Waals surface area contributed by atoms with Crippen LogP contribution in [0.2, 0.25) is 0 Å². The van der Waals surface area contributed by atoms with Crippen LogP contribution < -0.4 is 5.32 Å². The Balaban J connectivity index is 1.46. The number of hydrogen-bond donors (Lipinski definition) is 1. The number of nitrogens with zero attached hydrogens (tertiary/aromatic N) is 3. The molecule has 0 radical (unpaired) electrons. The van der Waals surface area contributed by atoms with Gasteiger partial charge in [-0.1, -0.05) is 18.6 Å². The minimum atomic E-state index is -4.55. The number of carbonyl (C=O) groups excluding carboxylic acids is 2. The molecule has 2 aromatic carbocycles. The van der Waals surface area contributed by atoms with Gasteiger partial charge in [-0.2, -0.15) is 13.2 Å². The molecule has 2 fully saturated rings. The zero-order valence-corrected chi connectivity index (χ0v) is 22.0. The summed E-state index contributed by atoms with van der Waals surface area (Å²) in [5.74, 6) is -0.747. The molecule has 1 saturated heterocycles. The maximum atomic E-state index is 13.2. The van der Waals surface area contributed by atoms with Crippen LogP contribution in [0.4, 0.5) is 19.1 Å². The molecule has 1 saturated carbocycles. The van der Waals surface area contributed by atoms with Gasteiger partial charge in [0.1, 0.15) is 0 Å². The molecular formula is C29H33F3N4O3. The fourth-order valence-electron chi connectivity index (χ4n) is 5.82. The fraction of sp³-hybridized carbons (Fsp3) is 0.483. The summed E-state index contributed by atoms with van der Waals surface area (Å²) in [5.41, 5.74) is 1.73. The van der Waals surface area contributed by atoms with Crippen molar-refractivity contribution in [3.63, 3.8) is 0 Å². The van der Waals surface area contributed by atoms with Gasteiger partial charge in [0.05, 0.1) is 29.6 Å². The summed E-state index contributed by atoms with van der Waals surface area (Å²) in [4.78, 5) is 32.3. The second-order valence-electron chi connectivity index (χ2n) is 10.5. The van der Waals surface area contributed by atoms with Crippen LogP contribution in [-0.2, 0) is 22.3 Å². The van der Waals surface area contributed by atoms with Gasteiger partial charge in [-0.05, 0) is 87.5 Å². The lowest BCUT2D eigenvalue weighted by Crippen LogP contribution is -2.29. The molecule has 2 heterocycles. The number of halogens is 3. The van der Waals surface area contributed by atoms with Crippen LogP contribution in [0.25, 0.3) is 11.0 Å². The van der Waals surface area contributed by atoms with Crippen molar-refractivity contribution in [3.8, 4) is 0 Å². The largest absolute Gasteiger partial charge is 0.469 e. The lowest BCUT2D eigenvalue weighted by atomic mass is 9.86. The van der Waals surface area contributed by atoms with E-state index in [1.165, 1.54) is 38.5 Å². The number of carbonyl (C=O) groups is 2. The van der Waals surface area contributed by atoms with Gasteiger partial charge in [-0.15, -0.1) is 0 Å². The van der Waals surface area contributed by atoms with E-state index in [4.69, 9.17) is 4.74 Å². The van der Waals surface area contributed by atoms with Crippen LogP contribution in [0, 0.1) is 5.92 Å². The molecule has 1 aliphatic carbocycles. The van der Waals surface area contributed by atoms with Gasteiger partial charge in [0, 0.05) is 18.2 Å². The smallest absolute Gasteiger partial charge is 0.416 e. The minimum Gasteiger partial charge on any atom is -0.469 e. The summed E-state index contributed by atoms with van der Waals surface area (Å²) in [5, 5.41) is 2.78. The molecule has 1 aromatic heterocycles. The number of piperidine rings is 1. The first-order chi connectivity index (χ1) is 18.7. The Morgan fingerprint density at radius 1 is 1.03 bits per heavy atom. The summed E-state index contributed by atoms with van der Waals surface area (Å²) >= 11 is 0. The zero-order chi connectivity index (χ0) is 27.6. The monoisotopic (exact) mass is 542 g/mol. The molecule has 2 aliphatic rings. The summed E-state index contributed by atoms with van der Waals surface area (Å²) in [7, 11) is 1.39. The van der Waals surface area contributed by atoms with Crippen molar-refractivity contribution < 1.29 is 27.5 Å². The van der Waals surface area contributed by atoms with Crippen LogP contribution >= 0.6 is 0 Å². The van der Waals surface area contributed by atoms with Crippen molar-refractivity contribution in [2.45, 2.75) is 63.7 Å². The fourth-order valence-corrected chi connectivity index (χ4v) is 5.82. The van der Waals surface area contributed by atoms with E-state index in [0.29, 0.717) is 37.1 Å². The molecule has 7 nitrogen and oxygen atoms in total. The Labute approximate surface area is 225 Å². The number of esters is 1. The first-order valence-electron chi connectivity index (χ1n) is 13.5. The molecule has 0 spiro atoms. The summed E-state index contributed by atoms with van der Waals surface area (Å²) < 4.78 is 46.6. The van der Waals surface area contributed by atoms with E-state index in [2.05, 4.69) is 21.3 Å². The SMILES string of the molecule is COC(=O)[C@H]1CC[C@@H](n2c(NC(=O)c3cccc(C(F)(F)F)c3)nc3ccc(CN4CCCCC4)cc32)CC1. The van der Waals surface area contributed by atoms with Gasteiger partial charge in [-0.25, -0.2) is 4.98 Å². The van der Waals surface area contributed by atoms with E-state index in [0.717, 1.165) is 42.8 Å². The molecule has 0 unspecified atom stereocenters. The van der Waals surface area contributed by atoms with Crippen molar-refractivity contribution in [1.82, 2.24) is 14.5 Å². The number of nitrogens with one attached hydrogen (secondary N) is 1. The highest BCUT2D eigenvalue weighted by Gasteiger charge is 2.32. The Bertz CT molecular complexity index is 1340. The van der Waals surface area contributed by atoms with Gasteiger partial charge in [0.2, 0.25) is 5.95 Å².